The first-order chi connectivity index (χ1) is 9.58. The molecule has 0 unspecified atom stereocenters. The van der Waals surface area contributed by atoms with Crippen LogP contribution in [0.25, 0.3) is 0 Å². The van der Waals surface area contributed by atoms with Gasteiger partial charge in [-0.25, -0.2) is 4.98 Å². The maximum Gasteiger partial charge on any atom is 0.224 e. The van der Waals surface area contributed by atoms with Crippen molar-refractivity contribution in [1.29, 1.82) is 0 Å². The van der Waals surface area contributed by atoms with Crippen molar-refractivity contribution in [2.45, 2.75) is 39.5 Å². The van der Waals surface area contributed by atoms with Crippen LogP contribution in [0.2, 0.25) is 0 Å². The lowest BCUT2D eigenvalue weighted by molar-refractivity contribution is -0.116. The minimum atomic E-state index is 0.00389. The summed E-state index contributed by atoms with van der Waals surface area (Å²) >= 11 is 0. The highest BCUT2D eigenvalue weighted by Crippen LogP contribution is 2.27. The predicted octanol–water partition coefficient (Wildman–Crippen LogP) is 3.68. The second kappa shape index (κ2) is 6.37. The van der Waals surface area contributed by atoms with Crippen LogP contribution in [0.3, 0.4) is 0 Å². The largest absolute Gasteiger partial charge is 0.451 e. The van der Waals surface area contributed by atoms with Gasteiger partial charge in [0.1, 0.15) is 6.26 Å². The number of oxazole rings is 1. The van der Waals surface area contributed by atoms with Crippen LogP contribution in [-0.2, 0) is 11.2 Å². The lowest BCUT2D eigenvalue weighted by atomic mass is 9.98. The molecule has 0 bridgehead atoms. The Bertz CT molecular complexity index is 574. The molecule has 0 spiro atoms. The molecule has 0 saturated heterocycles. The van der Waals surface area contributed by atoms with Crippen LogP contribution >= 0.6 is 0 Å². The zero-order valence-corrected chi connectivity index (χ0v) is 12.1. The summed E-state index contributed by atoms with van der Waals surface area (Å²) in [4.78, 5) is 16.1. The van der Waals surface area contributed by atoms with Crippen molar-refractivity contribution in [3.63, 3.8) is 0 Å². The molecule has 0 fully saturated rings. The summed E-state index contributed by atoms with van der Waals surface area (Å²) in [6, 6.07) is 6.10. The number of carbonyl (C=O) groups excluding carboxylic acids is 1. The van der Waals surface area contributed by atoms with Gasteiger partial charge in [0.15, 0.2) is 6.39 Å². The number of rotatable bonds is 5. The zero-order valence-electron chi connectivity index (χ0n) is 12.1. The standard InChI is InChI=1S/C16H20N2O2/c1-11(2)14-6-4-5-12(3)16(14)18-15(19)8-7-13-9-20-10-17-13/h4-6,9-11H,7-8H2,1-3H3,(H,18,19). The number of nitrogens with zero attached hydrogens (tertiary/aromatic N) is 1. The number of hydrogen-bond acceptors (Lipinski definition) is 3. The third-order valence-electron chi connectivity index (χ3n) is 3.28. The lowest BCUT2D eigenvalue weighted by Crippen LogP contribution is -2.15. The Morgan fingerprint density at radius 2 is 2.20 bits per heavy atom. The summed E-state index contributed by atoms with van der Waals surface area (Å²) in [7, 11) is 0. The highest BCUT2D eigenvalue weighted by molar-refractivity contribution is 5.92. The lowest BCUT2D eigenvalue weighted by Gasteiger charge is -2.16. The minimum Gasteiger partial charge on any atom is -0.451 e. The van der Waals surface area contributed by atoms with E-state index in [0.717, 1.165) is 16.9 Å². The Labute approximate surface area is 119 Å². The molecule has 0 saturated carbocycles. The molecule has 0 aliphatic rings. The van der Waals surface area contributed by atoms with E-state index in [0.29, 0.717) is 18.8 Å². The first-order valence-corrected chi connectivity index (χ1v) is 6.84. The summed E-state index contributed by atoms with van der Waals surface area (Å²) in [5.41, 5.74) is 3.99. The van der Waals surface area contributed by atoms with Crippen LogP contribution in [0.1, 0.15) is 43.0 Å². The Morgan fingerprint density at radius 1 is 1.40 bits per heavy atom. The van der Waals surface area contributed by atoms with E-state index < -0.39 is 0 Å². The van der Waals surface area contributed by atoms with Crippen LogP contribution in [0, 0.1) is 6.92 Å². The van der Waals surface area contributed by atoms with Crippen molar-refractivity contribution in [2.75, 3.05) is 5.32 Å². The normalized spacial score (nSPS) is 10.8. The van der Waals surface area contributed by atoms with Gasteiger partial charge in [-0.1, -0.05) is 32.0 Å². The number of anilines is 1. The van der Waals surface area contributed by atoms with E-state index >= 15 is 0 Å². The van der Waals surface area contributed by atoms with Crippen molar-refractivity contribution in [1.82, 2.24) is 4.98 Å². The Hall–Kier alpha value is -2.10. The summed E-state index contributed by atoms with van der Waals surface area (Å²) in [6.07, 6.45) is 3.94. The third-order valence-corrected chi connectivity index (χ3v) is 3.28. The fourth-order valence-corrected chi connectivity index (χ4v) is 2.15. The second-order valence-corrected chi connectivity index (χ2v) is 5.22. The molecule has 2 rings (SSSR count). The van der Waals surface area contributed by atoms with E-state index in [9.17, 15) is 4.79 Å². The summed E-state index contributed by atoms with van der Waals surface area (Å²) in [6.45, 7) is 6.26. The molecule has 4 nitrogen and oxygen atoms in total. The predicted molar refractivity (Wildman–Crippen MR) is 78.7 cm³/mol. The number of hydrogen-bond donors (Lipinski definition) is 1. The van der Waals surface area contributed by atoms with Crippen molar-refractivity contribution < 1.29 is 9.21 Å². The number of benzene rings is 1. The molecule has 1 heterocycles. The van der Waals surface area contributed by atoms with Gasteiger partial charge in [-0.05, 0) is 24.0 Å². The van der Waals surface area contributed by atoms with E-state index in [1.165, 1.54) is 12.0 Å². The van der Waals surface area contributed by atoms with Gasteiger partial charge in [0.25, 0.3) is 0 Å². The number of aryl methyl sites for hydroxylation is 2. The van der Waals surface area contributed by atoms with Crippen LogP contribution < -0.4 is 5.32 Å². The molecule has 0 aliphatic carbocycles. The Balaban J connectivity index is 2.04. The number of nitrogens with one attached hydrogen (secondary N) is 1. The average Bonchev–Trinajstić information content (AvgIpc) is 2.91. The first kappa shape index (κ1) is 14.3. The number of amides is 1. The maximum absolute atomic E-state index is 12.1. The molecule has 1 amide bonds. The molecule has 0 aliphatic heterocycles. The van der Waals surface area contributed by atoms with Gasteiger partial charge in [0.05, 0.1) is 5.69 Å². The molecular formula is C16H20N2O2. The maximum atomic E-state index is 12.1. The van der Waals surface area contributed by atoms with Crippen molar-refractivity contribution >= 4 is 11.6 Å². The molecule has 2 aromatic rings. The fourth-order valence-electron chi connectivity index (χ4n) is 2.15. The van der Waals surface area contributed by atoms with Crippen LogP contribution in [0.4, 0.5) is 5.69 Å². The van der Waals surface area contributed by atoms with E-state index in [4.69, 9.17) is 4.42 Å². The second-order valence-electron chi connectivity index (χ2n) is 5.22. The Kier molecular flexibility index (Phi) is 4.56. The SMILES string of the molecule is Cc1cccc(C(C)C)c1NC(=O)CCc1cocn1. The molecule has 4 heteroatoms. The summed E-state index contributed by atoms with van der Waals surface area (Å²) in [5.74, 6) is 0.380. The van der Waals surface area contributed by atoms with Crippen molar-refractivity contribution in [3.05, 3.63) is 47.7 Å². The highest BCUT2D eigenvalue weighted by Gasteiger charge is 2.12. The van der Waals surface area contributed by atoms with Crippen LogP contribution in [0.15, 0.2) is 35.3 Å². The molecule has 0 atom stereocenters. The summed E-state index contributed by atoms with van der Waals surface area (Å²) < 4.78 is 4.89. The van der Waals surface area contributed by atoms with E-state index in [1.54, 1.807) is 6.26 Å². The van der Waals surface area contributed by atoms with Gasteiger partial charge >= 0.3 is 0 Å². The number of carbonyl (C=O) groups is 1. The molecule has 1 aromatic heterocycles. The minimum absolute atomic E-state index is 0.00389. The molecule has 1 aromatic carbocycles. The van der Waals surface area contributed by atoms with E-state index in [2.05, 4.69) is 30.2 Å². The van der Waals surface area contributed by atoms with Crippen molar-refractivity contribution in [2.24, 2.45) is 0 Å². The van der Waals surface area contributed by atoms with Crippen LogP contribution in [0.5, 0.6) is 0 Å². The third kappa shape index (κ3) is 3.47. The zero-order chi connectivity index (χ0) is 14.5. The smallest absolute Gasteiger partial charge is 0.224 e. The van der Waals surface area contributed by atoms with Gasteiger partial charge in [-0.3, -0.25) is 4.79 Å². The number of aromatic nitrogens is 1. The molecule has 0 radical (unpaired) electrons. The van der Waals surface area contributed by atoms with Crippen LogP contribution in [-0.4, -0.2) is 10.9 Å². The molecular weight excluding hydrogens is 252 g/mol. The fraction of sp³-hybridized carbons (Fsp3) is 0.375. The molecule has 20 heavy (non-hydrogen) atoms. The van der Waals surface area contributed by atoms with Gasteiger partial charge in [-0.15, -0.1) is 0 Å². The molecule has 1 N–H and O–H groups in total. The van der Waals surface area contributed by atoms with Gasteiger partial charge in [0, 0.05) is 18.5 Å². The first-order valence-electron chi connectivity index (χ1n) is 6.84. The monoisotopic (exact) mass is 272 g/mol. The number of para-hydroxylation sites is 1. The van der Waals surface area contributed by atoms with E-state index in [1.807, 2.05) is 19.1 Å². The topological polar surface area (TPSA) is 55.1 Å². The van der Waals surface area contributed by atoms with E-state index in [-0.39, 0.29) is 5.91 Å². The average molecular weight is 272 g/mol. The Morgan fingerprint density at radius 3 is 2.85 bits per heavy atom. The van der Waals surface area contributed by atoms with Crippen molar-refractivity contribution in [3.8, 4) is 0 Å². The van der Waals surface area contributed by atoms with Gasteiger partial charge in [0.2, 0.25) is 5.91 Å². The van der Waals surface area contributed by atoms with Gasteiger partial charge in [-0.2, -0.15) is 0 Å². The van der Waals surface area contributed by atoms with Gasteiger partial charge < -0.3 is 9.73 Å². The summed E-state index contributed by atoms with van der Waals surface area (Å²) in [5, 5.41) is 3.03. The highest BCUT2D eigenvalue weighted by atomic mass is 16.3. The quantitative estimate of drug-likeness (QED) is 0.903. The molecule has 106 valence electrons.